The van der Waals surface area contributed by atoms with Crippen molar-refractivity contribution >= 4 is 6.09 Å². The molecule has 1 aliphatic rings. The highest BCUT2D eigenvalue weighted by atomic mass is 19.1. The summed E-state index contributed by atoms with van der Waals surface area (Å²) in [5.74, 6) is 0.364. The van der Waals surface area contributed by atoms with E-state index in [-0.39, 0.29) is 5.82 Å². The number of benzene rings is 1. The second kappa shape index (κ2) is 6.38. The van der Waals surface area contributed by atoms with Gasteiger partial charge in [-0.3, -0.25) is 4.90 Å². The highest BCUT2D eigenvalue weighted by Crippen LogP contribution is 2.11. The highest BCUT2D eigenvalue weighted by molar-refractivity contribution is 5.65. The predicted molar refractivity (Wildman–Crippen MR) is 67.9 cm³/mol. The fraction of sp³-hybridized carbons (Fsp3) is 0.462. The highest BCUT2D eigenvalue weighted by Gasteiger charge is 2.19. The number of ether oxygens (including phenoxy) is 1. The Morgan fingerprint density at radius 2 is 1.84 bits per heavy atom. The number of hydrogen-bond donors (Lipinski definition) is 1. The second-order valence-electron chi connectivity index (χ2n) is 4.41. The van der Waals surface area contributed by atoms with Gasteiger partial charge in [0.15, 0.2) is 0 Å². The predicted octanol–water partition coefficient (Wildman–Crippen LogP) is 1.50. The van der Waals surface area contributed by atoms with Crippen LogP contribution in [0.2, 0.25) is 0 Å². The van der Waals surface area contributed by atoms with Crippen molar-refractivity contribution in [1.82, 2.24) is 9.80 Å². The summed E-state index contributed by atoms with van der Waals surface area (Å²) in [6.07, 6.45) is -0.859. The zero-order valence-corrected chi connectivity index (χ0v) is 10.6. The van der Waals surface area contributed by atoms with Crippen LogP contribution in [0.15, 0.2) is 24.3 Å². The summed E-state index contributed by atoms with van der Waals surface area (Å²) in [6.45, 7) is 3.76. The van der Waals surface area contributed by atoms with E-state index in [2.05, 4.69) is 4.90 Å². The summed E-state index contributed by atoms with van der Waals surface area (Å²) in [7, 11) is 0. The molecule has 1 amide bonds. The molecule has 104 valence electrons. The molecule has 0 spiro atoms. The van der Waals surface area contributed by atoms with Crippen molar-refractivity contribution < 1.29 is 19.0 Å². The minimum absolute atomic E-state index is 0.280. The molecule has 1 saturated heterocycles. The van der Waals surface area contributed by atoms with Gasteiger partial charge in [0.1, 0.15) is 18.2 Å². The molecule has 1 aromatic rings. The van der Waals surface area contributed by atoms with Crippen molar-refractivity contribution in [2.45, 2.75) is 0 Å². The Kier molecular flexibility index (Phi) is 4.57. The van der Waals surface area contributed by atoms with E-state index in [1.807, 2.05) is 0 Å². The van der Waals surface area contributed by atoms with Gasteiger partial charge in [0, 0.05) is 32.7 Å². The van der Waals surface area contributed by atoms with Crippen LogP contribution in [0.5, 0.6) is 5.75 Å². The average Bonchev–Trinajstić information content (AvgIpc) is 2.41. The molecule has 19 heavy (non-hydrogen) atoms. The fourth-order valence-electron chi connectivity index (χ4n) is 1.99. The zero-order valence-electron chi connectivity index (χ0n) is 10.6. The van der Waals surface area contributed by atoms with Crippen LogP contribution in [0.1, 0.15) is 0 Å². The van der Waals surface area contributed by atoms with Crippen molar-refractivity contribution in [2.75, 3.05) is 39.3 Å². The zero-order chi connectivity index (χ0) is 13.7. The van der Waals surface area contributed by atoms with Gasteiger partial charge in [0.05, 0.1) is 0 Å². The van der Waals surface area contributed by atoms with E-state index in [0.29, 0.717) is 25.4 Å². The second-order valence-corrected chi connectivity index (χ2v) is 4.41. The molecule has 2 rings (SSSR count). The maximum absolute atomic E-state index is 12.7. The van der Waals surface area contributed by atoms with Crippen LogP contribution in [0, 0.1) is 5.82 Å². The third-order valence-electron chi connectivity index (χ3n) is 3.13. The topological polar surface area (TPSA) is 53.0 Å². The molecule has 0 saturated carbocycles. The first-order chi connectivity index (χ1) is 9.15. The molecule has 1 heterocycles. The van der Waals surface area contributed by atoms with E-state index in [1.54, 1.807) is 12.1 Å². The third kappa shape index (κ3) is 4.10. The Balaban J connectivity index is 1.67. The van der Waals surface area contributed by atoms with E-state index in [0.717, 1.165) is 19.6 Å². The molecule has 0 radical (unpaired) electrons. The van der Waals surface area contributed by atoms with Gasteiger partial charge in [0.2, 0.25) is 0 Å². The molecule has 6 heteroatoms. The largest absolute Gasteiger partial charge is 0.492 e. The molecule has 5 nitrogen and oxygen atoms in total. The number of piperazine rings is 1. The maximum atomic E-state index is 12.7. The standard InChI is InChI=1S/C13H17FN2O3/c14-11-1-3-12(4-2-11)19-10-9-15-5-7-16(8-6-15)13(17)18/h1-4H,5-10H2,(H,17,18). The fourth-order valence-corrected chi connectivity index (χ4v) is 1.99. The summed E-state index contributed by atoms with van der Waals surface area (Å²) >= 11 is 0. The molecular weight excluding hydrogens is 251 g/mol. The van der Waals surface area contributed by atoms with Gasteiger partial charge in [-0.05, 0) is 24.3 Å². The summed E-state index contributed by atoms with van der Waals surface area (Å²) in [6, 6.07) is 5.91. The minimum Gasteiger partial charge on any atom is -0.492 e. The lowest BCUT2D eigenvalue weighted by Gasteiger charge is -2.32. The van der Waals surface area contributed by atoms with Gasteiger partial charge in [-0.25, -0.2) is 9.18 Å². The number of carboxylic acid groups (broad SMARTS) is 1. The smallest absolute Gasteiger partial charge is 0.407 e. The van der Waals surface area contributed by atoms with Gasteiger partial charge in [0.25, 0.3) is 0 Å². The molecule has 1 aliphatic heterocycles. The quantitative estimate of drug-likeness (QED) is 0.899. The van der Waals surface area contributed by atoms with Crippen molar-refractivity contribution in [3.8, 4) is 5.75 Å². The summed E-state index contributed by atoms with van der Waals surface area (Å²) < 4.78 is 18.2. The van der Waals surface area contributed by atoms with Crippen molar-refractivity contribution in [3.05, 3.63) is 30.1 Å². The molecule has 0 aliphatic carbocycles. The maximum Gasteiger partial charge on any atom is 0.407 e. The third-order valence-corrected chi connectivity index (χ3v) is 3.13. The minimum atomic E-state index is -0.859. The monoisotopic (exact) mass is 268 g/mol. The van der Waals surface area contributed by atoms with Crippen molar-refractivity contribution in [2.24, 2.45) is 0 Å². The molecule has 0 aromatic heterocycles. The summed E-state index contributed by atoms with van der Waals surface area (Å²) in [5, 5.41) is 8.82. The molecular formula is C13H17FN2O3. The van der Waals surface area contributed by atoms with Crippen LogP contribution >= 0.6 is 0 Å². The first-order valence-electron chi connectivity index (χ1n) is 6.24. The Hall–Kier alpha value is -1.82. The van der Waals surface area contributed by atoms with Crippen LogP contribution in [0.4, 0.5) is 9.18 Å². The lowest BCUT2D eigenvalue weighted by Crippen LogP contribution is -2.49. The number of hydrogen-bond acceptors (Lipinski definition) is 3. The number of rotatable bonds is 4. The van der Waals surface area contributed by atoms with E-state index < -0.39 is 6.09 Å². The van der Waals surface area contributed by atoms with Crippen molar-refractivity contribution in [1.29, 1.82) is 0 Å². The van der Waals surface area contributed by atoms with E-state index >= 15 is 0 Å². The Labute approximate surface area is 111 Å². The van der Waals surface area contributed by atoms with E-state index in [1.165, 1.54) is 17.0 Å². The van der Waals surface area contributed by atoms with Gasteiger partial charge in [-0.15, -0.1) is 0 Å². The first-order valence-corrected chi connectivity index (χ1v) is 6.24. The van der Waals surface area contributed by atoms with Gasteiger partial charge in [-0.2, -0.15) is 0 Å². The lowest BCUT2D eigenvalue weighted by molar-refractivity contribution is 0.0985. The summed E-state index contributed by atoms with van der Waals surface area (Å²) in [4.78, 5) is 14.3. The van der Waals surface area contributed by atoms with Gasteiger partial charge in [-0.1, -0.05) is 0 Å². The number of carbonyl (C=O) groups is 1. The van der Waals surface area contributed by atoms with Gasteiger partial charge < -0.3 is 14.7 Å². The van der Waals surface area contributed by atoms with Crippen LogP contribution < -0.4 is 4.74 Å². The molecule has 0 atom stereocenters. The normalized spacial score (nSPS) is 16.4. The van der Waals surface area contributed by atoms with Gasteiger partial charge >= 0.3 is 6.09 Å². The molecule has 0 unspecified atom stereocenters. The van der Waals surface area contributed by atoms with Crippen LogP contribution in [-0.2, 0) is 0 Å². The average molecular weight is 268 g/mol. The van der Waals surface area contributed by atoms with Crippen LogP contribution in [-0.4, -0.2) is 60.3 Å². The number of nitrogens with zero attached hydrogens (tertiary/aromatic N) is 2. The summed E-state index contributed by atoms with van der Waals surface area (Å²) in [5.41, 5.74) is 0. The van der Waals surface area contributed by atoms with Crippen molar-refractivity contribution in [3.63, 3.8) is 0 Å². The number of halogens is 1. The Morgan fingerprint density at radius 3 is 2.42 bits per heavy atom. The Morgan fingerprint density at radius 1 is 1.21 bits per heavy atom. The molecule has 1 fully saturated rings. The molecule has 1 aromatic carbocycles. The molecule has 0 bridgehead atoms. The number of amides is 1. The first kappa shape index (κ1) is 13.6. The van der Waals surface area contributed by atoms with Crippen LogP contribution in [0.25, 0.3) is 0 Å². The SMILES string of the molecule is O=C(O)N1CCN(CCOc2ccc(F)cc2)CC1. The lowest BCUT2D eigenvalue weighted by atomic mass is 10.3. The Bertz CT molecular complexity index is 416. The molecule has 1 N–H and O–H groups in total. The van der Waals surface area contributed by atoms with E-state index in [9.17, 15) is 9.18 Å². The van der Waals surface area contributed by atoms with Crippen LogP contribution in [0.3, 0.4) is 0 Å². The van der Waals surface area contributed by atoms with E-state index in [4.69, 9.17) is 9.84 Å².